The second kappa shape index (κ2) is 5.30. The van der Waals surface area contributed by atoms with Crippen LogP contribution in [0.5, 0.6) is 0 Å². The normalized spacial score (nSPS) is 12.0. The number of anilines is 1. The Balaban J connectivity index is 3.02. The maximum atomic E-state index is 12.0. The minimum absolute atomic E-state index is 0.222. The fourth-order valence-corrected chi connectivity index (χ4v) is 2.25. The van der Waals surface area contributed by atoms with Gasteiger partial charge >= 0.3 is 5.97 Å². The maximum Gasteiger partial charge on any atom is 0.350 e. The van der Waals surface area contributed by atoms with Crippen molar-refractivity contribution >= 4 is 38.7 Å². The molecule has 6 nitrogen and oxygen atoms in total. The van der Waals surface area contributed by atoms with E-state index in [1.54, 1.807) is 5.38 Å². The first-order valence-corrected chi connectivity index (χ1v) is 8.05. The summed E-state index contributed by atoms with van der Waals surface area (Å²) < 4.78 is 26.1. The lowest BCUT2D eigenvalue weighted by atomic mass is 10.2. The topological polar surface area (TPSA) is 89.5 Å². The molecule has 106 valence electrons. The van der Waals surface area contributed by atoms with E-state index >= 15 is 0 Å². The van der Waals surface area contributed by atoms with Gasteiger partial charge in [-0.2, -0.15) is 0 Å². The van der Waals surface area contributed by atoms with Crippen LogP contribution in [0, 0.1) is 0 Å². The van der Waals surface area contributed by atoms with Crippen molar-refractivity contribution in [3.05, 3.63) is 16.3 Å². The van der Waals surface area contributed by atoms with Crippen LogP contribution in [0.15, 0.2) is 11.4 Å². The van der Waals surface area contributed by atoms with Gasteiger partial charge in [0.2, 0.25) is 5.91 Å². The van der Waals surface area contributed by atoms with Crippen LogP contribution in [0.1, 0.15) is 23.5 Å². The van der Waals surface area contributed by atoms with Crippen LogP contribution in [0.2, 0.25) is 0 Å². The van der Waals surface area contributed by atoms with Crippen LogP contribution in [0.3, 0.4) is 0 Å². The first-order chi connectivity index (χ1) is 8.61. The molecule has 1 heterocycles. The average Bonchev–Trinajstić information content (AvgIpc) is 2.74. The van der Waals surface area contributed by atoms with Crippen molar-refractivity contribution < 1.29 is 22.7 Å². The molecule has 19 heavy (non-hydrogen) atoms. The third kappa shape index (κ3) is 3.13. The highest BCUT2D eigenvalue weighted by molar-refractivity contribution is 7.92. The largest absolute Gasteiger partial charge is 0.465 e. The summed E-state index contributed by atoms with van der Waals surface area (Å²) >= 11 is 1.10. The zero-order valence-corrected chi connectivity index (χ0v) is 12.6. The lowest BCUT2D eigenvalue weighted by Gasteiger charge is -2.21. The number of esters is 1. The van der Waals surface area contributed by atoms with Crippen molar-refractivity contribution in [2.24, 2.45) is 0 Å². The Kier molecular flexibility index (Phi) is 4.36. The zero-order valence-electron chi connectivity index (χ0n) is 11.0. The van der Waals surface area contributed by atoms with Gasteiger partial charge in [-0.25, -0.2) is 13.2 Å². The van der Waals surface area contributed by atoms with Gasteiger partial charge in [-0.1, -0.05) is 0 Å². The van der Waals surface area contributed by atoms with Gasteiger partial charge in [-0.3, -0.25) is 4.79 Å². The molecule has 1 aromatic rings. The highest BCUT2D eigenvalue weighted by Crippen LogP contribution is 2.25. The number of sulfone groups is 1. The molecule has 0 bridgehead atoms. The van der Waals surface area contributed by atoms with Gasteiger partial charge in [0.1, 0.15) is 9.62 Å². The minimum atomic E-state index is -3.57. The molecule has 0 aromatic carbocycles. The van der Waals surface area contributed by atoms with Crippen LogP contribution in [0.4, 0.5) is 5.69 Å². The highest BCUT2D eigenvalue weighted by Gasteiger charge is 2.39. The molecule has 0 atom stereocenters. The van der Waals surface area contributed by atoms with Gasteiger partial charge in [-0.15, -0.1) is 11.3 Å². The van der Waals surface area contributed by atoms with E-state index in [9.17, 15) is 18.0 Å². The summed E-state index contributed by atoms with van der Waals surface area (Å²) in [5.74, 6) is -1.28. The number of hydrogen-bond donors (Lipinski definition) is 1. The molecule has 0 aliphatic rings. The lowest BCUT2D eigenvalue weighted by Crippen LogP contribution is -2.44. The summed E-state index contributed by atoms with van der Waals surface area (Å²) in [5, 5.41) is 4.05. The van der Waals surface area contributed by atoms with E-state index in [0.29, 0.717) is 0 Å². The quantitative estimate of drug-likeness (QED) is 0.847. The molecule has 1 rings (SSSR count). The number of rotatable bonds is 4. The predicted octanol–water partition coefficient (Wildman–Crippen LogP) is 1.30. The van der Waals surface area contributed by atoms with Crippen LogP contribution >= 0.6 is 11.3 Å². The molecular formula is C11H15NO5S2. The average molecular weight is 305 g/mol. The molecule has 0 radical (unpaired) electrons. The molecule has 0 spiro atoms. The van der Waals surface area contributed by atoms with E-state index in [1.807, 2.05) is 0 Å². The van der Waals surface area contributed by atoms with E-state index in [0.717, 1.165) is 17.6 Å². The van der Waals surface area contributed by atoms with E-state index in [1.165, 1.54) is 27.0 Å². The highest BCUT2D eigenvalue weighted by atomic mass is 32.2. The zero-order chi connectivity index (χ0) is 14.8. The van der Waals surface area contributed by atoms with Crippen LogP contribution in [0.25, 0.3) is 0 Å². The molecule has 0 fully saturated rings. The van der Waals surface area contributed by atoms with Crippen molar-refractivity contribution in [3.8, 4) is 0 Å². The van der Waals surface area contributed by atoms with Gasteiger partial charge in [-0.05, 0) is 25.3 Å². The molecule has 0 saturated heterocycles. The number of carbonyl (C=O) groups excluding carboxylic acids is 2. The Labute approximate surface area is 115 Å². The molecule has 0 aliphatic carbocycles. The number of hydrogen-bond acceptors (Lipinski definition) is 6. The van der Waals surface area contributed by atoms with E-state index in [4.69, 9.17) is 0 Å². The third-order valence-electron chi connectivity index (χ3n) is 2.76. The number of nitrogens with one attached hydrogen (secondary N) is 1. The SMILES string of the molecule is COC(=O)c1sccc1NC(=O)C(C)(C)S(C)(=O)=O. The van der Waals surface area contributed by atoms with Crippen molar-refractivity contribution in [1.82, 2.24) is 0 Å². The van der Waals surface area contributed by atoms with E-state index < -0.39 is 26.5 Å². The number of thiophene rings is 1. The van der Waals surface area contributed by atoms with E-state index in [-0.39, 0.29) is 10.6 Å². The minimum Gasteiger partial charge on any atom is -0.465 e. The van der Waals surface area contributed by atoms with Gasteiger partial charge in [0.05, 0.1) is 12.8 Å². The molecule has 1 N–H and O–H groups in total. The van der Waals surface area contributed by atoms with Gasteiger partial charge < -0.3 is 10.1 Å². The van der Waals surface area contributed by atoms with Gasteiger partial charge in [0, 0.05) is 6.26 Å². The van der Waals surface area contributed by atoms with Crippen LogP contribution < -0.4 is 5.32 Å². The maximum absolute atomic E-state index is 12.0. The third-order valence-corrected chi connectivity index (χ3v) is 5.69. The number of methoxy groups -OCH3 is 1. The summed E-state index contributed by atoms with van der Waals surface area (Å²) in [4.78, 5) is 23.7. The van der Waals surface area contributed by atoms with Crippen molar-refractivity contribution in [1.29, 1.82) is 0 Å². The lowest BCUT2D eigenvalue weighted by molar-refractivity contribution is -0.117. The fraction of sp³-hybridized carbons (Fsp3) is 0.455. The molecule has 1 aromatic heterocycles. The Morgan fingerprint density at radius 1 is 1.37 bits per heavy atom. The van der Waals surface area contributed by atoms with Gasteiger partial charge in [0.15, 0.2) is 9.84 Å². The summed E-state index contributed by atoms with van der Waals surface area (Å²) in [6.45, 7) is 2.61. The number of carbonyl (C=O) groups is 2. The Hall–Kier alpha value is -1.41. The van der Waals surface area contributed by atoms with Crippen molar-refractivity contribution in [2.75, 3.05) is 18.7 Å². The van der Waals surface area contributed by atoms with Gasteiger partial charge in [0.25, 0.3) is 0 Å². The fourth-order valence-electron chi connectivity index (χ4n) is 1.10. The molecule has 1 amide bonds. The Bertz CT molecular complexity index is 600. The standard InChI is InChI=1S/C11H15NO5S2/c1-11(2,19(4,15)16)10(14)12-7-5-6-18-8(7)9(13)17-3/h5-6H,1-4H3,(H,12,14). The summed E-state index contributed by atoms with van der Waals surface area (Å²) in [5.41, 5.74) is 0.249. The number of ether oxygens (including phenoxy) is 1. The molecule has 0 saturated carbocycles. The van der Waals surface area contributed by atoms with Crippen LogP contribution in [-0.2, 0) is 19.4 Å². The van der Waals surface area contributed by atoms with Crippen LogP contribution in [-0.4, -0.2) is 38.4 Å². The number of amides is 1. The first-order valence-electron chi connectivity index (χ1n) is 5.28. The van der Waals surface area contributed by atoms with Crippen molar-refractivity contribution in [3.63, 3.8) is 0 Å². The summed E-state index contributed by atoms with van der Waals surface area (Å²) in [6, 6.07) is 1.52. The second-order valence-corrected chi connectivity index (χ2v) is 7.87. The van der Waals surface area contributed by atoms with E-state index in [2.05, 4.69) is 10.1 Å². The Morgan fingerprint density at radius 2 is 1.95 bits per heavy atom. The summed E-state index contributed by atoms with van der Waals surface area (Å²) in [7, 11) is -2.34. The monoisotopic (exact) mass is 305 g/mol. The molecule has 8 heteroatoms. The summed E-state index contributed by atoms with van der Waals surface area (Å²) in [6.07, 6.45) is 0.988. The second-order valence-electron chi connectivity index (χ2n) is 4.39. The first kappa shape index (κ1) is 15.6. The Morgan fingerprint density at radius 3 is 2.42 bits per heavy atom. The molecule has 0 aliphatic heterocycles. The van der Waals surface area contributed by atoms with Crippen molar-refractivity contribution in [2.45, 2.75) is 18.6 Å². The molecular weight excluding hydrogens is 290 g/mol. The smallest absolute Gasteiger partial charge is 0.350 e. The molecule has 0 unspecified atom stereocenters. The predicted molar refractivity (Wildman–Crippen MR) is 73.2 cm³/mol.